The SMILES string of the molecule is CCC(C(=O)[O-])C1CCCCC1.CCC(C(=O)[O-])C1CCCCC1.[Sr+2]. The molecule has 0 amide bonds. The number of carbonyl (C=O) groups is 2. The molecule has 5 heteroatoms. The van der Waals surface area contributed by atoms with Crippen molar-refractivity contribution in [3.05, 3.63) is 0 Å². The van der Waals surface area contributed by atoms with Crippen LogP contribution in [0.2, 0.25) is 0 Å². The van der Waals surface area contributed by atoms with Crippen molar-refractivity contribution in [3.63, 3.8) is 0 Å². The summed E-state index contributed by atoms with van der Waals surface area (Å²) in [4.78, 5) is 21.4. The van der Waals surface area contributed by atoms with Crippen LogP contribution in [0, 0.1) is 23.7 Å². The number of carboxylic acid groups (broad SMARTS) is 2. The summed E-state index contributed by atoms with van der Waals surface area (Å²) in [5.41, 5.74) is 0. The van der Waals surface area contributed by atoms with E-state index in [0.717, 1.165) is 38.5 Å². The largest absolute Gasteiger partial charge is 2.00 e. The molecule has 4 nitrogen and oxygen atoms in total. The van der Waals surface area contributed by atoms with Crippen molar-refractivity contribution in [2.75, 3.05) is 0 Å². The van der Waals surface area contributed by atoms with Crippen LogP contribution in [0.5, 0.6) is 0 Å². The molecule has 0 saturated heterocycles. The monoisotopic (exact) mass is 426 g/mol. The molecule has 2 aliphatic carbocycles. The average molecular weight is 426 g/mol. The maximum absolute atomic E-state index is 10.7. The van der Waals surface area contributed by atoms with Gasteiger partial charge in [-0.15, -0.1) is 0 Å². The standard InChI is InChI=1S/2C10H18O2.Sr/c2*1-2-9(10(11)12)8-6-4-3-5-7-8;/h2*8-9H,2-7H2,1H3,(H,11,12);/q;;+2/p-2. The van der Waals surface area contributed by atoms with Gasteiger partial charge in [-0.3, -0.25) is 0 Å². The van der Waals surface area contributed by atoms with Gasteiger partial charge in [-0.1, -0.05) is 52.4 Å². The first-order valence-corrected chi connectivity index (χ1v) is 9.92. The van der Waals surface area contributed by atoms with Gasteiger partial charge in [0.1, 0.15) is 0 Å². The molecule has 0 aromatic carbocycles. The Bertz CT molecular complexity index is 338. The Morgan fingerprint density at radius 1 is 0.720 bits per heavy atom. The minimum atomic E-state index is -0.843. The molecule has 0 N–H and O–H groups in total. The van der Waals surface area contributed by atoms with E-state index in [2.05, 4.69) is 0 Å². The Morgan fingerprint density at radius 3 is 1.20 bits per heavy atom. The topological polar surface area (TPSA) is 80.3 Å². The van der Waals surface area contributed by atoms with Gasteiger partial charge < -0.3 is 19.8 Å². The van der Waals surface area contributed by atoms with E-state index >= 15 is 0 Å². The van der Waals surface area contributed by atoms with Gasteiger partial charge in [0.05, 0.1) is 0 Å². The summed E-state index contributed by atoms with van der Waals surface area (Å²) in [6.07, 6.45) is 13.2. The van der Waals surface area contributed by atoms with Crippen LogP contribution in [0.1, 0.15) is 90.9 Å². The predicted molar refractivity (Wildman–Crippen MR) is 96.5 cm³/mol. The first-order valence-electron chi connectivity index (χ1n) is 9.92. The molecule has 2 atom stereocenters. The number of hydrogen-bond acceptors (Lipinski definition) is 4. The van der Waals surface area contributed by atoms with E-state index in [0.29, 0.717) is 11.8 Å². The zero-order valence-corrected chi connectivity index (χ0v) is 19.6. The predicted octanol–water partition coefficient (Wildman–Crippen LogP) is 2.30. The van der Waals surface area contributed by atoms with Crippen LogP contribution in [0.15, 0.2) is 0 Å². The molecule has 2 rings (SSSR count). The number of carboxylic acids is 2. The minimum absolute atomic E-state index is 0. The van der Waals surface area contributed by atoms with Crippen LogP contribution in [-0.2, 0) is 9.59 Å². The van der Waals surface area contributed by atoms with Crippen molar-refractivity contribution in [1.29, 1.82) is 0 Å². The van der Waals surface area contributed by atoms with Crippen LogP contribution >= 0.6 is 0 Å². The summed E-state index contributed by atoms with van der Waals surface area (Å²) < 4.78 is 0. The van der Waals surface area contributed by atoms with Gasteiger partial charge >= 0.3 is 45.5 Å². The molecule has 2 fully saturated rings. The molecule has 2 aliphatic rings. The molecule has 0 spiro atoms. The number of aliphatic carboxylic acids is 2. The third-order valence-electron chi connectivity index (χ3n) is 5.92. The molecule has 140 valence electrons. The zero-order chi connectivity index (χ0) is 17.9. The van der Waals surface area contributed by atoms with Crippen LogP contribution in [-0.4, -0.2) is 57.4 Å². The molecule has 25 heavy (non-hydrogen) atoms. The van der Waals surface area contributed by atoms with E-state index in [4.69, 9.17) is 0 Å². The summed E-state index contributed by atoms with van der Waals surface area (Å²) in [6, 6.07) is 0. The van der Waals surface area contributed by atoms with Crippen molar-refractivity contribution < 1.29 is 19.8 Å². The Balaban J connectivity index is 0.000000443. The van der Waals surface area contributed by atoms with Gasteiger partial charge in [-0.25, -0.2) is 0 Å². The minimum Gasteiger partial charge on any atom is -0.550 e. The van der Waals surface area contributed by atoms with Gasteiger partial charge in [-0.05, 0) is 50.4 Å². The molecular weight excluding hydrogens is 392 g/mol. The zero-order valence-electron chi connectivity index (χ0n) is 16.1. The van der Waals surface area contributed by atoms with E-state index in [-0.39, 0.29) is 57.3 Å². The first-order chi connectivity index (χ1) is 11.5. The average Bonchev–Trinajstić information content (AvgIpc) is 2.58. The third-order valence-corrected chi connectivity index (χ3v) is 5.92. The van der Waals surface area contributed by atoms with Crippen LogP contribution < -0.4 is 10.2 Å². The third kappa shape index (κ3) is 9.25. The van der Waals surface area contributed by atoms with Gasteiger partial charge in [-0.2, -0.15) is 0 Å². The van der Waals surface area contributed by atoms with Crippen LogP contribution in [0.3, 0.4) is 0 Å². The molecule has 0 aliphatic heterocycles. The second-order valence-corrected chi connectivity index (χ2v) is 7.46. The second kappa shape index (κ2) is 14.5. The molecule has 0 heterocycles. The number of hydrogen-bond donors (Lipinski definition) is 0. The number of carbonyl (C=O) groups excluding carboxylic acids is 2. The van der Waals surface area contributed by atoms with E-state index in [1.165, 1.54) is 38.5 Å². The Labute approximate surface area is 190 Å². The fraction of sp³-hybridized carbons (Fsp3) is 0.900. The first kappa shape index (κ1) is 25.4. The fourth-order valence-electron chi connectivity index (χ4n) is 4.46. The Kier molecular flexibility index (Phi) is 14.7. The van der Waals surface area contributed by atoms with Crippen molar-refractivity contribution >= 4 is 57.4 Å². The molecule has 0 aromatic rings. The summed E-state index contributed by atoms with van der Waals surface area (Å²) in [6.45, 7) is 3.88. The van der Waals surface area contributed by atoms with Crippen molar-refractivity contribution in [2.45, 2.75) is 90.9 Å². The quantitative estimate of drug-likeness (QED) is 0.611. The maximum atomic E-state index is 10.7. The van der Waals surface area contributed by atoms with Crippen LogP contribution in [0.4, 0.5) is 0 Å². The molecule has 0 radical (unpaired) electrons. The van der Waals surface area contributed by atoms with Crippen LogP contribution in [0.25, 0.3) is 0 Å². The van der Waals surface area contributed by atoms with Gasteiger partial charge in [0, 0.05) is 23.8 Å². The summed E-state index contributed by atoms with van der Waals surface area (Å²) in [7, 11) is 0. The van der Waals surface area contributed by atoms with Crippen molar-refractivity contribution in [3.8, 4) is 0 Å². The van der Waals surface area contributed by atoms with Crippen molar-refractivity contribution in [1.82, 2.24) is 0 Å². The van der Waals surface area contributed by atoms with Gasteiger partial charge in [0.2, 0.25) is 0 Å². The van der Waals surface area contributed by atoms with Gasteiger partial charge in [0.25, 0.3) is 0 Å². The summed E-state index contributed by atoms with van der Waals surface area (Å²) in [5, 5.41) is 21.4. The van der Waals surface area contributed by atoms with E-state index < -0.39 is 11.9 Å². The summed E-state index contributed by atoms with van der Waals surface area (Å²) >= 11 is 0. The summed E-state index contributed by atoms with van der Waals surface area (Å²) in [5.74, 6) is -1.27. The maximum Gasteiger partial charge on any atom is 2.00 e. The molecule has 2 unspecified atom stereocenters. The molecule has 2 saturated carbocycles. The van der Waals surface area contributed by atoms with E-state index in [1.807, 2.05) is 13.8 Å². The molecule has 0 aromatic heterocycles. The normalized spacial score (nSPS) is 21.2. The Morgan fingerprint density at radius 2 is 1.00 bits per heavy atom. The molecule has 0 bridgehead atoms. The van der Waals surface area contributed by atoms with E-state index in [9.17, 15) is 19.8 Å². The van der Waals surface area contributed by atoms with Crippen molar-refractivity contribution in [2.24, 2.45) is 23.7 Å². The smallest absolute Gasteiger partial charge is 0.550 e. The molecular formula is C20H34O4Sr. The fourth-order valence-corrected chi connectivity index (χ4v) is 4.46. The number of rotatable bonds is 6. The van der Waals surface area contributed by atoms with E-state index in [1.54, 1.807) is 0 Å². The Hall–Kier alpha value is 0.421. The second-order valence-electron chi connectivity index (χ2n) is 7.46. The van der Waals surface area contributed by atoms with Gasteiger partial charge in [0.15, 0.2) is 0 Å².